The van der Waals surface area contributed by atoms with E-state index in [2.05, 4.69) is 0 Å². The second-order valence-electron chi connectivity index (χ2n) is 4.74. The van der Waals surface area contributed by atoms with E-state index in [4.69, 9.17) is 16.3 Å². The number of benzene rings is 1. The number of nitro benzene ring substituents is 1. The number of esters is 2. The van der Waals surface area contributed by atoms with Crippen LogP contribution in [0.2, 0.25) is 5.02 Å². The summed E-state index contributed by atoms with van der Waals surface area (Å²) in [6.07, 6.45) is 1.47. The second-order valence-corrected chi connectivity index (χ2v) is 5.12. The lowest BCUT2D eigenvalue weighted by atomic mass is 10.2. The SMILES string of the molecule is CN1CCC[C@H]1C(=O)OC(=O)c1cccc([N+](=O)[O-])c1Cl. The van der Waals surface area contributed by atoms with Crippen molar-refractivity contribution in [2.75, 3.05) is 13.6 Å². The van der Waals surface area contributed by atoms with E-state index < -0.39 is 28.6 Å². The zero-order valence-corrected chi connectivity index (χ0v) is 12.0. The van der Waals surface area contributed by atoms with Crippen LogP contribution < -0.4 is 0 Å². The first kappa shape index (κ1) is 15.4. The Kier molecular flexibility index (Phi) is 4.54. The summed E-state index contributed by atoms with van der Waals surface area (Å²) in [6.45, 7) is 0.755. The normalized spacial score (nSPS) is 18.5. The van der Waals surface area contributed by atoms with Gasteiger partial charge >= 0.3 is 11.9 Å². The van der Waals surface area contributed by atoms with Crippen molar-refractivity contribution in [1.82, 2.24) is 4.90 Å². The van der Waals surface area contributed by atoms with Crippen molar-refractivity contribution in [2.24, 2.45) is 0 Å². The van der Waals surface area contributed by atoms with E-state index in [0.29, 0.717) is 6.42 Å². The summed E-state index contributed by atoms with van der Waals surface area (Å²) in [5.74, 6) is -1.64. The first-order chi connectivity index (χ1) is 9.91. The number of nitro groups is 1. The van der Waals surface area contributed by atoms with Crippen LogP contribution in [0.1, 0.15) is 23.2 Å². The molecule has 2 rings (SSSR count). The van der Waals surface area contributed by atoms with Crippen molar-refractivity contribution in [3.05, 3.63) is 38.9 Å². The van der Waals surface area contributed by atoms with Crippen molar-refractivity contribution in [3.8, 4) is 0 Å². The van der Waals surface area contributed by atoms with Crippen LogP contribution >= 0.6 is 11.6 Å². The third kappa shape index (κ3) is 3.20. The second kappa shape index (κ2) is 6.19. The predicted octanol–water partition coefficient (Wildman–Crippen LogP) is 2.03. The third-order valence-electron chi connectivity index (χ3n) is 3.38. The quantitative estimate of drug-likeness (QED) is 0.367. The molecule has 112 valence electrons. The van der Waals surface area contributed by atoms with Crippen LogP contribution in [-0.2, 0) is 9.53 Å². The van der Waals surface area contributed by atoms with Crippen LogP contribution in [0.15, 0.2) is 18.2 Å². The van der Waals surface area contributed by atoms with Crippen molar-refractivity contribution < 1.29 is 19.2 Å². The van der Waals surface area contributed by atoms with Gasteiger partial charge < -0.3 is 4.74 Å². The van der Waals surface area contributed by atoms with Crippen LogP contribution in [0, 0.1) is 10.1 Å². The highest BCUT2D eigenvalue weighted by Crippen LogP contribution is 2.28. The van der Waals surface area contributed by atoms with Crippen LogP contribution in [-0.4, -0.2) is 41.4 Å². The maximum Gasteiger partial charge on any atom is 0.347 e. The molecule has 0 radical (unpaired) electrons. The molecule has 0 amide bonds. The van der Waals surface area contributed by atoms with Gasteiger partial charge in [0.05, 0.1) is 10.5 Å². The Hall–Kier alpha value is -1.99. The number of carbonyl (C=O) groups excluding carboxylic acids is 2. The molecule has 0 unspecified atom stereocenters. The van der Waals surface area contributed by atoms with E-state index in [-0.39, 0.29) is 10.6 Å². The lowest BCUT2D eigenvalue weighted by molar-refractivity contribution is -0.384. The van der Waals surface area contributed by atoms with Crippen molar-refractivity contribution in [2.45, 2.75) is 18.9 Å². The van der Waals surface area contributed by atoms with Crippen molar-refractivity contribution in [1.29, 1.82) is 0 Å². The lowest BCUT2D eigenvalue weighted by Crippen LogP contribution is -2.35. The molecule has 8 heteroatoms. The van der Waals surface area contributed by atoms with E-state index in [1.54, 1.807) is 11.9 Å². The van der Waals surface area contributed by atoms with Gasteiger partial charge in [-0.2, -0.15) is 0 Å². The van der Waals surface area contributed by atoms with Gasteiger partial charge in [-0.15, -0.1) is 0 Å². The van der Waals surface area contributed by atoms with E-state index in [1.807, 2.05) is 0 Å². The Labute approximate surface area is 125 Å². The molecule has 1 atom stereocenters. The van der Waals surface area contributed by atoms with Gasteiger partial charge in [-0.3, -0.25) is 15.0 Å². The molecule has 0 aromatic heterocycles. The zero-order chi connectivity index (χ0) is 15.6. The number of hydrogen-bond donors (Lipinski definition) is 0. The molecule has 0 bridgehead atoms. The Bertz CT molecular complexity index is 604. The van der Waals surface area contributed by atoms with Gasteiger partial charge in [-0.05, 0) is 32.5 Å². The van der Waals surface area contributed by atoms with Gasteiger partial charge in [0, 0.05) is 6.07 Å². The number of ether oxygens (including phenoxy) is 1. The predicted molar refractivity (Wildman–Crippen MR) is 74.2 cm³/mol. The van der Waals surface area contributed by atoms with Gasteiger partial charge in [-0.1, -0.05) is 17.7 Å². The Morgan fingerprint density at radius 2 is 2.19 bits per heavy atom. The highest BCUT2D eigenvalue weighted by atomic mass is 35.5. The van der Waals surface area contributed by atoms with E-state index in [0.717, 1.165) is 13.0 Å². The molecule has 1 aliphatic heterocycles. The molecule has 0 spiro atoms. The molecule has 1 saturated heterocycles. The molecule has 0 saturated carbocycles. The van der Waals surface area contributed by atoms with Crippen LogP contribution in [0.5, 0.6) is 0 Å². The fourth-order valence-corrected chi connectivity index (χ4v) is 2.51. The molecule has 1 aromatic carbocycles. The number of likely N-dealkylation sites (N-methyl/N-ethyl adjacent to an activating group) is 1. The number of carbonyl (C=O) groups is 2. The summed E-state index contributed by atoms with van der Waals surface area (Å²) in [6, 6.07) is 3.30. The number of rotatable bonds is 3. The van der Waals surface area contributed by atoms with Gasteiger partial charge in [0.15, 0.2) is 0 Å². The van der Waals surface area contributed by atoms with E-state index in [9.17, 15) is 19.7 Å². The minimum absolute atomic E-state index is 0.195. The van der Waals surface area contributed by atoms with Gasteiger partial charge in [-0.25, -0.2) is 9.59 Å². The summed E-state index contributed by atoms with van der Waals surface area (Å²) < 4.78 is 4.78. The highest BCUT2D eigenvalue weighted by Gasteiger charge is 2.32. The molecule has 1 aliphatic rings. The third-order valence-corrected chi connectivity index (χ3v) is 3.78. The summed E-state index contributed by atoms with van der Waals surface area (Å²) in [5.41, 5.74) is -0.601. The van der Waals surface area contributed by atoms with Crippen molar-refractivity contribution in [3.63, 3.8) is 0 Å². The fraction of sp³-hybridized carbons (Fsp3) is 0.385. The maximum absolute atomic E-state index is 11.9. The van der Waals surface area contributed by atoms with Crippen molar-refractivity contribution >= 4 is 29.2 Å². The topological polar surface area (TPSA) is 89.8 Å². The number of likely N-dealkylation sites (tertiary alicyclic amines) is 1. The van der Waals surface area contributed by atoms with Gasteiger partial charge in [0.1, 0.15) is 11.1 Å². The summed E-state index contributed by atoms with van der Waals surface area (Å²) in [5, 5.41) is 10.4. The first-order valence-corrected chi connectivity index (χ1v) is 6.68. The summed E-state index contributed by atoms with van der Waals surface area (Å²) in [4.78, 5) is 35.7. The number of nitrogens with zero attached hydrogens (tertiary/aromatic N) is 2. The Morgan fingerprint density at radius 1 is 1.48 bits per heavy atom. The first-order valence-electron chi connectivity index (χ1n) is 6.31. The van der Waals surface area contributed by atoms with E-state index in [1.165, 1.54) is 18.2 Å². The summed E-state index contributed by atoms with van der Waals surface area (Å²) >= 11 is 5.81. The molecule has 1 aromatic rings. The lowest BCUT2D eigenvalue weighted by Gasteiger charge is -2.16. The fourth-order valence-electron chi connectivity index (χ4n) is 2.24. The minimum atomic E-state index is -0.978. The van der Waals surface area contributed by atoms with Crippen LogP contribution in [0.4, 0.5) is 5.69 Å². The molecule has 7 nitrogen and oxygen atoms in total. The molecule has 1 heterocycles. The maximum atomic E-state index is 11.9. The smallest absolute Gasteiger partial charge is 0.347 e. The van der Waals surface area contributed by atoms with Crippen LogP contribution in [0.3, 0.4) is 0 Å². The minimum Gasteiger partial charge on any atom is -0.388 e. The molecular weight excluding hydrogens is 300 g/mol. The van der Waals surface area contributed by atoms with Crippen LogP contribution in [0.25, 0.3) is 0 Å². The van der Waals surface area contributed by atoms with Gasteiger partial charge in [0.2, 0.25) is 0 Å². The van der Waals surface area contributed by atoms with E-state index >= 15 is 0 Å². The average Bonchev–Trinajstić information content (AvgIpc) is 2.84. The summed E-state index contributed by atoms with van der Waals surface area (Å²) in [7, 11) is 1.77. The highest BCUT2D eigenvalue weighted by molar-refractivity contribution is 6.35. The molecule has 0 N–H and O–H groups in total. The number of halogens is 1. The standard InChI is InChI=1S/C13H13ClN2O5/c1-15-7-3-6-10(15)13(18)21-12(17)8-4-2-5-9(11(8)14)16(19)20/h2,4-5,10H,3,6-7H2,1H3/t10-/m0/s1. The largest absolute Gasteiger partial charge is 0.388 e. The van der Waals surface area contributed by atoms with Gasteiger partial charge in [0.25, 0.3) is 5.69 Å². The Morgan fingerprint density at radius 3 is 2.76 bits per heavy atom. The average molecular weight is 313 g/mol. The molecule has 1 fully saturated rings. The zero-order valence-electron chi connectivity index (χ0n) is 11.2. The molecular formula is C13H13ClN2O5. The monoisotopic (exact) mass is 312 g/mol. The Balaban J connectivity index is 2.15. The molecule has 0 aliphatic carbocycles. The number of hydrogen-bond acceptors (Lipinski definition) is 6. The molecule has 21 heavy (non-hydrogen) atoms.